The topological polar surface area (TPSA) is 182 Å². The summed E-state index contributed by atoms with van der Waals surface area (Å²) in [6.45, 7) is 10.9. The second-order valence-corrected chi connectivity index (χ2v) is 11.4. The molecule has 0 radical (unpaired) electrons. The van der Waals surface area contributed by atoms with Crippen molar-refractivity contribution in [3.63, 3.8) is 0 Å². The van der Waals surface area contributed by atoms with Gasteiger partial charge in [0.25, 0.3) is 0 Å². The van der Waals surface area contributed by atoms with E-state index in [2.05, 4.69) is 4.98 Å². The molecule has 43 heavy (non-hydrogen) atoms. The lowest BCUT2D eigenvalue weighted by Gasteiger charge is -2.17. The van der Waals surface area contributed by atoms with Gasteiger partial charge in [-0.2, -0.15) is 0 Å². The predicted octanol–water partition coefficient (Wildman–Crippen LogP) is 4.75. The molecule has 4 rings (SSSR count). The van der Waals surface area contributed by atoms with Gasteiger partial charge in [0.2, 0.25) is 0 Å². The molecule has 0 saturated heterocycles. The standard InChI is InChI=1S/C33H40N4O6/c1-15-11-24-16(2)21(7-9-30(40)41)27(35-24)14-28-22(8-10-31(42)43)17(3)26(36-28)13-29-33(20(6)39)18(4)25(37-29)12-23(34)32(15)19(5)38/h12-14,19-20,36,38-39H,7-11,34H2,1-6H3,(H,40,41)(H,42,43)/b23-12-,27-14-,29-13-,32-15-. The highest BCUT2D eigenvalue weighted by atomic mass is 16.4. The first-order chi connectivity index (χ1) is 20.2. The number of allylic oxidation sites excluding steroid dienone is 5. The largest absolute Gasteiger partial charge is 0.481 e. The molecule has 0 spiro atoms. The summed E-state index contributed by atoms with van der Waals surface area (Å²) in [5, 5.41) is 40.4. The molecule has 228 valence electrons. The Kier molecular flexibility index (Phi) is 9.22. The van der Waals surface area contributed by atoms with Crippen LogP contribution in [0.5, 0.6) is 0 Å². The molecule has 6 bridgehead atoms. The summed E-state index contributed by atoms with van der Waals surface area (Å²) in [5.41, 5.74) is 16.9. The molecule has 0 amide bonds. The maximum absolute atomic E-state index is 11.5. The van der Waals surface area contributed by atoms with E-state index in [-0.39, 0.29) is 25.7 Å². The maximum Gasteiger partial charge on any atom is 0.303 e. The van der Waals surface area contributed by atoms with Crippen LogP contribution >= 0.6 is 0 Å². The molecule has 3 aliphatic heterocycles. The number of hydrogen-bond acceptors (Lipinski definition) is 7. The number of fused-ring (bicyclic) bond motifs is 4. The summed E-state index contributed by atoms with van der Waals surface area (Å²) in [4.78, 5) is 36.2. The van der Waals surface area contributed by atoms with E-state index in [4.69, 9.17) is 15.7 Å². The first-order valence-corrected chi connectivity index (χ1v) is 14.4. The molecule has 2 atom stereocenters. The highest BCUT2D eigenvalue weighted by Crippen LogP contribution is 2.37. The normalized spacial score (nSPS) is 24.0. The van der Waals surface area contributed by atoms with Gasteiger partial charge in [-0.3, -0.25) is 14.6 Å². The minimum Gasteiger partial charge on any atom is -0.481 e. The number of aliphatic hydroxyl groups excluding tert-OH is 2. The minimum atomic E-state index is -0.919. The Bertz CT molecular complexity index is 1640. The fourth-order valence-corrected chi connectivity index (χ4v) is 6.07. The van der Waals surface area contributed by atoms with Gasteiger partial charge in [0.15, 0.2) is 0 Å². The number of carboxylic acids is 2. The number of nitrogens with one attached hydrogen (secondary N) is 1. The van der Waals surface area contributed by atoms with E-state index in [0.717, 1.165) is 39.1 Å². The number of rotatable bonds is 8. The summed E-state index contributed by atoms with van der Waals surface area (Å²) in [7, 11) is 0. The van der Waals surface area contributed by atoms with E-state index in [1.54, 1.807) is 19.9 Å². The van der Waals surface area contributed by atoms with Crippen molar-refractivity contribution in [2.45, 2.75) is 85.9 Å². The van der Waals surface area contributed by atoms with Crippen LogP contribution in [-0.2, 0) is 16.0 Å². The summed E-state index contributed by atoms with van der Waals surface area (Å²) in [5.74, 6) is -1.84. The van der Waals surface area contributed by atoms with Gasteiger partial charge < -0.3 is 31.1 Å². The Morgan fingerprint density at radius 3 is 2.07 bits per heavy atom. The summed E-state index contributed by atoms with van der Waals surface area (Å²) in [6.07, 6.45) is 4.48. The minimum absolute atomic E-state index is 0.0723. The van der Waals surface area contributed by atoms with Gasteiger partial charge in [0.05, 0.1) is 29.3 Å². The number of aromatic nitrogens is 1. The molecule has 10 nitrogen and oxygen atoms in total. The van der Waals surface area contributed by atoms with Crippen LogP contribution < -0.4 is 5.73 Å². The highest BCUT2D eigenvalue weighted by molar-refractivity contribution is 6.13. The third-order valence-electron chi connectivity index (χ3n) is 8.28. The van der Waals surface area contributed by atoms with Gasteiger partial charge in [-0.25, -0.2) is 4.99 Å². The van der Waals surface area contributed by atoms with E-state index in [1.165, 1.54) is 0 Å². The van der Waals surface area contributed by atoms with Crippen LogP contribution in [0.15, 0.2) is 66.6 Å². The molecule has 10 heteroatoms. The average molecular weight is 589 g/mol. The van der Waals surface area contributed by atoms with Crippen molar-refractivity contribution in [2.75, 3.05) is 0 Å². The van der Waals surface area contributed by atoms with Crippen LogP contribution in [0.4, 0.5) is 0 Å². The third kappa shape index (κ3) is 6.55. The van der Waals surface area contributed by atoms with Crippen LogP contribution in [-0.4, -0.2) is 61.0 Å². The number of nitrogens with zero attached hydrogens (tertiary/aromatic N) is 2. The van der Waals surface area contributed by atoms with Crippen molar-refractivity contribution in [2.24, 2.45) is 15.7 Å². The van der Waals surface area contributed by atoms with Crippen molar-refractivity contribution in [3.05, 3.63) is 79.1 Å². The molecule has 0 aromatic carbocycles. The first kappa shape index (κ1) is 31.7. The van der Waals surface area contributed by atoms with E-state index in [1.807, 2.05) is 39.8 Å². The lowest BCUT2D eigenvalue weighted by Crippen LogP contribution is -2.17. The fourth-order valence-electron chi connectivity index (χ4n) is 6.07. The van der Waals surface area contributed by atoms with E-state index in [9.17, 15) is 30.0 Å². The second kappa shape index (κ2) is 12.5. The first-order valence-electron chi connectivity index (χ1n) is 14.4. The second-order valence-electron chi connectivity index (χ2n) is 11.4. The van der Waals surface area contributed by atoms with Crippen LogP contribution in [0.2, 0.25) is 0 Å². The van der Waals surface area contributed by atoms with Crippen LogP contribution in [0.3, 0.4) is 0 Å². The van der Waals surface area contributed by atoms with Gasteiger partial charge in [-0.1, -0.05) is 5.57 Å². The molecule has 0 aliphatic carbocycles. The number of nitrogens with two attached hydrogens (primary N) is 1. The van der Waals surface area contributed by atoms with Crippen LogP contribution in [0, 0.1) is 6.92 Å². The number of aliphatic hydroxyl groups is 2. The number of carbonyl (C=O) groups is 2. The fraction of sp³-hybridized carbons (Fsp3) is 0.394. The van der Waals surface area contributed by atoms with E-state index in [0.29, 0.717) is 51.8 Å². The molecule has 1 aromatic rings. The molecule has 0 saturated carbocycles. The quantitative estimate of drug-likeness (QED) is 0.253. The van der Waals surface area contributed by atoms with Gasteiger partial charge in [-0.05, 0) is 100 Å². The molecule has 2 unspecified atom stereocenters. The molecule has 3 aliphatic rings. The number of H-pyrrole nitrogens is 1. The Balaban J connectivity index is 2.04. The van der Waals surface area contributed by atoms with Crippen molar-refractivity contribution in [1.29, 1.82) is 0 Å². The number of aromatic amines is 1. The van der Waals surface area contributed by atoms with Gasteiger partial charge >= 0.3 is 11.9 Å². The lowest BCUT2D eigenvalue weighted by atomic mass is 9.93. The number of carboxylic acid groups (broad SMARTS) is 2. The van der Waals surface area contributed by atoms with Crippen molar-refractivity contribution in [3.8, 4) is 0 Å². The zero-order valence-electron chi connectivity index (χ0n) is 25.5. The molecule has 7 N–H and O–H groups in total. The van der Waals surface area contributed by atoms with Crippen molar-refractivity contribution in [1.82, 2.24) is 4.98 Å². The zero-order valence-corrected chi connectivity index (χ0v) is 25.5. The van der Waals surface area contributed by atoms with Crippen molar-refractivity contribution >= 4 is 35.5 Å². The Labute approximate surface area is 251 Å². The van der Waals surface area contributed by atoms with Gasteiger partial charge in [0, 0.05) is 53.2 Å². The average Bonchev–Trinajstić information content (AvgIpc) is 3.46. The summed E-state index contributed by atoms with van der Waals surface area (Å²) in [6, 6.07) is 0. The zero-order chi connectivity index (χ0) is 31.7. The van der Waals surface area contributed by atoms with Crippen LogP contribution in [0.25, 0.3) is 12.2 Å². The number of hydrogen-bond donors (Lipinski definition) is 6. The Morgan fingerprint density at radius 1 is 0.860 bits per heavy atom. The monoisotopic (exact) mass is 588 g/mol. The Morgan fingerprint density at radius 2 is 1.47 bits per heavy atom. The van der Waals surface area contributed by atoms with Crippen molar-refractivity contribution < 1.29 is 30.0 Å². The van der Waals surface area contributed by atoms with Gasteiger partial charge in [-0.15, -0.1) is 0 Å². The van der Waals surface area contributed by atoms with E-state index >= 15 is 0 Å². The van der Waals surface area contributed by atoms with E-state index < -0.39 is 24.1 Å². The molecule has 0 fully saturated rings. The SMILES string of the molecule is CC1=C(CCC(=O)O)/C2=C/c3[nH]c(c(C)c3CCC(=O)O)/C=C3N=C(/C=C(N)/C(C(C)O)=C(/C)CC1=N2)C(C)=C\3C(C)O. The third-order valence-corrected chi connectivity index (χ3v) is 8.28. The van der Waals surface area contributed by atoms with Gasteiger partial charge in [0.1, 0.15) is 0 Å². The predicted molar refractivity (Wildman–Crippen MR) is 168 cm³/mol. The smallest absolute Gasteiger partial charge is 0.303 e. The molecular weight excluding hydrogens is 548 g/mol. The Hall–Kier alpha value is -4.28. The number of aliphatic carboxylic acids is 2. The maximum atomic E-state index is 11.5. The lowest BCUT2D eigenvalue weighted by molar-refractivity contribution is -0.138. The number of aliphatic imine (C=N–C) groups is 2. The molecule has 1 aromatic heterocycles. The summed E-state index contributed by atoms with van der Waals surface area (Å²) < 4.78 is 0. The van der Waals surface area contributed by atoms with Crippen LogP contribution in [0.1, 0.15) is 82.8 Å². The highest BCUT2D eigenvalue weighted by Gasteiger charge is 2.27. The molecule has 4 heterocycles. The summed E-state index contributed by atoms with van der Waals surface area (Å²) >= 11 is 0. The molecular formula is C33H40N4O6.